The maximum atomic E-state index is 12.1. The Morgan fingerprint density at radius 1 is 0.900 bits per heavy atom. The van der Waals surface area contributed by atoms with Crippen LogP contribution in [0.3, 0.4) is 0 Å². The van der Waals surface area contributed by atoms with Gasteiger partial charge in [0.25, 0.3) is 0 Å². The van der Waals surface area contributed by atoms with Gasteiger partial charge in [-0.25, -0.2) is 8.42 Å². The number of sulfone groups is 1. The summed E-state index contributed by atoms with van der Waals surface area (Å²) in [6, 6.07) is 16.8. The van der Waals surface area contributed by atoms with E-state index in [1.54, 1.807) is 12.1 Å². The van der Waals surface area contributed by atoms with Crippen LogP contribution in [0.2, 0.25) is 0 Å². The zero-order valence-electron chi connectivity index (χ0n) is 11.4. The van der Waals surface area contributed by atoms with Crippen LogP contribution in [0.5, 0.6) is 0 Å². The molecule has 0 aromatic heterocycles. The zero-order valence-corrected chi connectivity index (χ0v) is 12.2. The molecule has 0 fully saturated rings. The molecule has 0 unspecified atom stereocenters. The van der Waals surface area contributed by atoms with Crippen LogP contribution >= 0.6 is 0 Å². The van der Waals surface area contributed by atoms with E-state index in [1.807, 2.05) is 42.5 Å². The summed E-state index contributed by atoms with van der Waals surface area (Å²) in [6.45, 7) is 1.42. The average molecular weight is 288 g/mol. The Kier molecular flexibility index (Phi) is 4.04. The second-order valence-corrected chi connectivity index (χ2v) is 7.15. The lowest BCUT2D eigenvalue weighted by atomic mass is 10.0. The van der Waals surface area contributed by atoms with E-state index in [0.717, 1.165) is 17.4 Å². The summed E-state index contributed by atoms with van der Waals surface area (Å²) in [4.78, 5) is 12.1. The van der Waals surface area contributed by atoms with Crippen molar-refractivity contribution in [3.8, 4) is 11.1 Å². The van der Waals surface area contributed by atoms with Crippen molar-refractivity contribution in [1.29, 1.82) is 0 Å². The Balaban J connectivity index is 2.27. The smallest absolute Gasteiger partial charge is 0.180 e. The van der Waals surface area contributed by atoms with Gasteiger partial charge in [0.2, 0.25) is 0 Å². The SMILES string of the molecule is C[C@@H](C(=O)c1ccc(-c2ccccc2)cc1)S(C)(=O)=O. The first-order valence-corrected chi connectivity index (χ1v) is 8.23. The Morgan fingerprint density at radius 2 is 1.40 bits per heavy atom. The molecule has 0 aliphatic rings. The fourth-order valence-corrected chi connectivity index (χ4v) is 2.41. The van der Waals surface area contributed by atoms with Crippen molar-refractivity contribution >= 4 is 15.6 Å². The quantitative estimate of drug-likeness (QED) is 0.813. The number of Topliss-reactive ketones (excluding diaryl/α,β-unsaturated/α-hetero) is 1. The number of carbonyl (C=O) groups excluding carboxylic acids is 1. The van der Waals surface area contributed by atoms with Gasteiger partial charge in [0.05, 0.1) is 0 Å². The molecule has 2 rings (SSSR count). The van der Waals surface area contributed by atoms with Crippen LogP contribution in [-0.4, -0.2) is 25.7 Å². The second-order valence-electron chi connectivity index (χ2n) is 4.78. The molecule has 0 saturated carbocycles. The number of rotatable bonds is 4. The summed E-state index contributed by atoms with van der Waals surface area (Å²) in [7, 11) is -3.36. The molecule has 2 aromatic rings. The van der Waals surface area contributed by atoms with Gasteiger partial charge < -0.3 is 0 Å². The van der Waals surface area contributed by atoms with Gasteiger partial charge in [0.1, 0.15) is 5.25 Å². The van der Waals surface area contributed by atoms with E-state index in [1.165, 1.54) is 6.92 Å². The van der Waals surface area contributed by atoms with Gasteiger partial charge in [-0.2, -0.15) is 0 Å². The van der Waals surface area contributed by atoms with E-state index < -0.39 is 15.1 Å². The predicted molar refractivity (Wildman–Crippen MR) is 80.5 cm³/mol. The maximum Gasteiger partial charge on any atom is 0.180 e. The van der Waals surface area contributed by atoms with Crippen molar-refractivity contribution in [2.24, 2.45) is 0 Å². The van der Waals surface area contributed by atoms with Crippen LogP contribution in [0, 0.1) is 0 Å². The largest absolute Gasteiger partial charge is 0.293 e. The summed E-state index contributed by atoms with van der Waals surface area (Å²) in [5.74, 6) is -0.368. The van der Waals surface area contributed by atoms with E-state index in [2.05, 4.69) is 0 Å². The topological polar surface area (TPSA) is 51.2 Å². The molecule has 3 nitrogen and oxygen atoms in total. The van der Waals surface area contributed by atoms with Crippen LogP contribution in [0.4, 0.5) is 0 Å². The Labute approximate surface area is 119 Å². The summed E-state index contributed by atoms with van der Waals surface area (Å²) < 4.78 is 22.8. The highest BCUT2D eigenvalue weighted by Gasteiger charge is 2.24. The van der Waals surface area contributed by atoms with Crippen LogP contribution < -0.4 is 0 Å². The molecule has 1 atom stereocenters. The molecule has 2 aromatic carbocycles. The molecule has 0 radical (unpaired) electrons. The third-order valence-electron chi connectivity index (χ3n) is 3.29. The first kappa shape index (κ1) is 14.5. The molecule has 0 N–H and O–H groups in total. The lowest BCUT2D eigenvalue weighted by molar-refractivity contribution is 0.0991. The summed E-state index contributed by atoms with van der Waals surface area (Å²) in [5.41, 5.74) is 2.47. The zero-order chi connectivity index (χ0) is 14.8. The molecule has 0 bridgehead atoms. The van der Waals surface area contributed by atoms with Gasteiger partial charge in [-0.3, -0.25) is 4.79 Å². The fraction of sp³-hybridized carbons (Fsp3) is 0.188. The molecule has 0 amide bonds. The fourth-order valence-electron chi connectivity index (χ4n) is 1.89. The summed E-state index contributed by atoms with van der Waals surface area (Å²) in [5, 5.41) is -1.01. The molecule has 0 saturated heterocycles. The van der Waals surface area contributed by atoms with Crippen molar-refractivity contribution < 1.29 is 13.2 Å². The van der Waals surface area contributed by atoms with Crippen LogP contribution in [0.15, 0.2) is 54.6 Å². The molecule has 0 aliphatic carbocycles. The first-order chi connectivity index (χ1) is 9.39. The van der Waals surface area contributed by atoms with E-state index >= 15 is 0 Å². The Bertz CT molecular complexity index is 701. The molecular formula is C16H16O3S. The normalized spacial score (nSPS) is 12.9. The lowest BCUT2D eigenvalue weighted by Gasteiger charge is -2.09. The number of ketones is 1. The van der Waals surface area contributed by atoms with Crippen LogP contribution in [-0.2, 0) is 9.84 Å². The molecule has 0 spiro atoms. The molecular weight excluding hydrogens is 272 g/mol. The van der Waals surface area contributed by atoms with Crippen molar-refractivity contribution in [2.45, 2.75) is 12.2 Å². The third kappa shape index (κ3) is 3.14. The van der Waals surface area contributed by atoms with Gasteiger partial charge in [0, 0.05) is 11.8 Å². The highest BCUT2D eigenvalue weighted by Crippen LogP contribution is 2.20. The number of hydrogen-bond acceptors (Lipinski definition) is 3. The Hall–Kier alpha value is -1.94. The van der Waals surface area contributed by atoms with Gasteiger partial charge in [0.15, 0.2) is 15.6 Å². The van der Waals surface area contributed by atoms with E-state index in [-0.39, 0.29) is 5.78 Å². The van der Waals surface area contributed by atoms with Gasteiger partial charge in [-0.05, 0) is 18.1 Å². The minimum absolute atomic E-state index is 0.368. The third-order valence-corrected chi connectivity index (χ3v) is 4.79. The standard InChI is InChI=1S/C16H16O3S/c1-12(20(2,18)19)16(17)15-10-8-14(9-11-15)13-6-4-3-5-7-13/h3-12H,1-2H3/t12-/m0/s1. The number of carbonyl (C=O) groups is 1. The van der Waals surface area contributed by atoms with Crippen LogP contribution in [0.25, 0.3) is 11.1 Å². The predicted octanol–water partition coefficient (Wildman–Crippen LogP) is 2.97. The summed E-state index contributed by atoms with van der Waals surface area (Å²) in [6.07, 6.45) is 1.08. The molecule has 4 heteroatoms. The van der Waals surface area contributed by atoms with Crippen molar-refractivity contribution in [2.75, 3.05) is 6.26 Å². The van der Waals surface area contributed by atoms with E-state index in [4.69, 9.17) is 0 Å². The molecule has 104 valence electrons. The first-order valence-electron chi connectivity index (χ1n) is 6.28. The van der Waals surface area contributed by atoms with Crippen LogP contribution in [0.1, 0.15) is 17.3 Å². The van der Waals surface area contributed by atoms with Gasteiger partial charge >= 0.3 is 0 Å². The van der Waals surface area contributed by atoms with E-state index in [9.17, 15) is 13.2 Å². The maximum absolute atomic E-state index is 12.1. The Morgan fingerprint density at radius 3 is 1.90 bits per heavy atom. The minimum Gasteiger partial charge on any atom is -0.293 e. The lowest BCUT2D eigenvalue weighted by Crippen LogP contribution is -2.26. The molecule has 0 aliphatic heterocycles. The monoisotopic (exact) mass is 288 g/mol. The average Bonchev–Trinajstić information content (AvgIpc) is 2.46. The number of benzene rings is 2. The highest BCUT2D eigenvalue weighted by molar-refractivity contribution is 7.92. The van der Waals surface area contributed by atoms with Crippen molar-refractivity contribution in [1.82, 2.24) is 0 Å². The van der Waals surface area contributed by atoms with Crippen molar-refractivity contribution in [3.63, 3.8) is 0 Å². The van der Waals surface area contributed by atoms with Crippen molar-refractivity contribution in [3.05, 3.63) is 60.2 Å². The minimum atomic E-state index is -3.36. The molecule has 0 heterocycles. The summed E-state index contributed by atoms with van der Waals surface area (Å²) >= 11 is 0. The molecule has 20 heavy (non-hydrogen) atoms. The van der Waals surface area contributed by atoms with E-state index in [0.29, 0.717) is 5.56 Å². The van der Waals surface area contributed by atoms with Gasteiger partial charge in [-0.15, -0.1) is 0 Å². The second kappa shape index (κ2) is 5.59. The highest BCUT2D eigenvalue weighted by atomic mass is 32.2. The number of hydrogen-bond donors (Lipinski definition) is 0. The van der Waals surface area contributed by atoms with Gasteiger partial charge in [-0.1, -0.05) is 54.6 Å².